The first-order chi connectivity index (χ1) is 8.04. The molecule has 0 unspecified atom stereocenters. The fraction of sp³-hybridized carbons (Fsp3) is 0.462. The van der Waals surface area contributed by atoms with Gasteiger partial charge in [-0.25, -0.2) is 13.2 Å². The molecular weight excluding hydrogens is 245 g/mol. The van der Waals surface area contributed by atoms with Gasteiger partial charge >= 0.3 is 5.97 Å². The molecule has 0 heterocycles. The summed E-state index contributed by atoms with van der Waals surface area (Å²) in [4.78, 5) is 10.2. The van der Waals surface area contributed by atoms with Gasteiger partial charge in [-0.15, -0.1) is 0 Å². The van der Waals surface area contributed by atoms with Crippen LogP contribution in [0.1, 0.15) is 33.3 Å². The van der Waals surface area contributed by atoms with E-state index in [0.717, 1.165) is 6.07 Å². The van der Waals surface area contributed by atoms with Gasteiger partial charge in [0.1, 0.15) is 5.60 Å². The molecule has 0 fully saturated rings. The van der Waals surface area contributed by atoms with Crippen LogP contribution in [-0.2, 0) is 9.53 Å². The van der Waals surface area contributed by atoms with Gasteiger partial charge in [0.05, 0.1) is 0 Å². The van der Waals surface area contributed by atoms with Gasteiger partial charge in [-0.3, -0.25) is 4.79 Å². The van der Waals surface area contributed by atoms with Crippen molar-refractivity contribution >= 4 is 5.97 Å². The number of aryl methyl sites for hydroxylation is 1. The van der Waals surface area contributed by atoms with Crippen LogP contribution in [0.2, 0.25) is 0 Å². The first kappa shape index (κ1) is 16.5. The molecule has 0 aliphatic carbocycles. The van der Waals surface area contributed by atoms with Crippen molar-refractivity contribution in [3.8, 4) is 0 Å². The largest absolute Gasteiger partial charge is 0.460 e. The lowest BCUT2D eigenvalue weighted by molar-refractivity contribution is -0.151. The highest BCUT2D eigenvalue weighted by Gasteiger charge is 2.11. The maximum atomic E-state index is 12.4. The molecule has 0 amide bonds. The summed E-state index contributed by atoms with van der Waals surface area (Å²) in [6, 6.07) is 2.08. The van der Waals surface area contributed by atoms with E-state index in [1.165, 1.54) is 19.9 Å². The third-order valence-electron chi connectivity index (χ3n) is 1.68. The smallest absolute Gasteiger partial charge is 0.303 e. The lowest BCUT2D eigenvalue weighted by Gasteiger charge is -2.17. The first-order valence-corrected chi connectivity index (χ1v) is 5.34. The summed E-state index contributed by atoms with van der Waals surface area (Å²) in [7, 11) is 0. The van der Waals surface area contributed by atoms with Gasteiger partial charge in [0.2, 0.25) is 0 Å². The van der Waals surface area contributed by atoms with E-state index in [2.05, 4.69) is 0 Å². The third-order valence-corrected chi connectivity index (χ3v) is 1.68. The minimum atomic E-state index is -1.40. The second-order valence-corrected chi connectivity index (χ2v) is 4.70. The molecule has 5 heteroatoms. The maximum Gasteiger partial charge on any atom is 0.303 e. The number of halogens is 3. The molecule has 0 spiro atoms. The Kier molecular flexibility index (Phi) is 5.88. The molecule has 0 saturated carbocycles. The summed E-state index contributed by atoms with van der Waals surface area (Å²) >= 11 is 0. The zero-order valence-electron chi connectivity index (χ0n) is 11.1. The Labute approximate surface area is 105 Å². The second kappa shape index (κ2) is 6.42. The van der Waals surface area contributed by atoms with Crippen LogP contribution in [-0.4, -0.2) is 11.6 Å². The van der Waals surface area contributed by atoms with E-state index in [1.807, 2.05) is 20.8 Å². The number of carbonyl (C=O) groups is 1. The summed E-state index contributed by atoms with van der Waals surface area (Å²) in [6.45, 7) is 8.31. The van der Waals surface area contributed by atoms with Gasteiger partial charge in [0, 0.05) is 6.92 Å². The molecule has 2 nitrogen and oxygen atoms in total. The zero-order valence-corrected chi connectivity index (χ0v) is 11.1. The van der Waals surface area contributed by atoms with Crippen LogP contribution in [0.3, 0.4) is 0 Å². The summed E-state index contributed by atoms with van der Waals surface area (Å²) in [6.07, 6.45) is 0. The molecule has 0 aliphatic rings. The lowest BCUT2D eigenvalue weighted by Crippen LogP contribution is -2.21. The highest BCUT2D eigenvalue weighted by atomic mass is 19.2. The van der Waals surface area contributed by atoms with E-state index < -0.39 is 17.5 Å². The summed E-state index contributed by atoms with van der Waals surface area (Å²) in [5.74, 6) is -3.89. The quantitative estimate of drug-likeness (QED) is 0.525. The average molecular weight is 262 g/mol. The van der Waals surface area contributed by atoms with Crippen molar-refractivity contribution in [1.82, 2.24) is 0 Å². The average Bonchev–Trinajstić information content (AvgIpc) is 2.18. The third kappa shape index (κ3) is 6.27. The Balaban J connectivity index is 0.000000331. The molecule has 0 atom stereocenters. The Morgan fingerprint density at radius 1 is 1.11 bits per heavy atom. The number of hydrogen-bond donors (Lipinski definition) is 0. The van der Waals surface area contributed by atoms with Crippen LogP contribution in [0.25, 0.3) is 0 Å². The first-order valence-electron chi connectivity index (χ1n) is 5.34. The van der Waals surface area contributed by atoms with E-state index in [-0.39, 0.29) is 17.1 Å². The molecule has 1 aromatic carbocycles. The van der Waals surface area contributed by atoms with Crippen molar-refractivity contribution in [2.75, 3.05) is 0 Å². The molecule has 0 aliphatic heterocycles. The van der Waals surface area contributed by atoms with Gasteiger partial charge in [0.15, 0.2) is 17.5 Å². The number of esters is 1. The second-order valence-electron chi connectivity index (χ2n) is 4.70. The summed E-state index contributed by atoms with van der Waals surface area (Å²) < 4.78 is 41.6. The highest BCUT2D eigenvalue weighted by molar-refractivity contribution is 5.66. The van der Waals surface area contributed by atoms with Gasteiger partial charge < -0.3 is 4.74 Å². The minimum absolute atomic E-state index is 0.110. The maximum absolute atomic E-state index is 12.4. The lowest BCUT2D eigenvalue weighted by atomic mass is 10.2. The van der Waals surface area contributed by atoms with E-state index in [0.29, 0.717) is 0 Å². The van der Waals surface area contributed by atoms with Crippen LogP contribution >= 0.6 is 0 Å². The zero-order chi connectivity index (χ0) is 14.5. The van der Waals surface area contributed by atoms with Crippen molar-refractivity contribution in [2.45, 2.75) is 40.2 Å². The standard InChI is InChI=1S/C7H5F3.C6H12O2/c1-4-2-3-5(8)7(10)6(4)9;1-5(7)8-6(2,3)4/h2-3H,1H3;1-4H3. The fourth-order valence-corrected chi connectivity index (χ4v) is 1.05. The molecule has 0 aromatic heterocycles. The molecule has 1 rings (SSSR count). The van der Waals surface area contributed by atoms with Crippen LogP contribution in [0, 0.1) is 24.4 Å². The van der Waals surface area contributed by atoms with Crippen LogP contribution in [0.4, 0.5) is 13.2 Å². The van der Waals surface area contributed by atoms with Crippen molar-refractivity contribution in [2.24, 2.45) is 0 Å². The Hall–Kier alpha value is -1.52. The van der Waals surface area contributed by atoms with E-state index in [4.69, 9.17) is 4.74 Å². The molecule has 0 bridgehead atoms. The van der Waals surface area contributed by atoms with Gasteiger partial charge in [-0.1, -0.05) is 6.07 Å². The van der Waals surface area contributed by atoms with E-state index in [1.54, 1.807) is 0 Å². The molecule has 0 saturated heterocycles. The minimum Gasteiger partial charge on any atom is -0.460 e. The van der Waals surface area contributed by atoms with Crippen LogP contribution in [0.15, 0.2) is 12.1 Å². The summed E-state index contributed by atoms with van der Waals surface area (Å²) in [5, 5.41) is 0. The Morgan fingerprint density at radius 2 is 1.61 bits per heavy atom. The van der Waals surface area contributed by atoms with Crippen LogP contribution in [0.5, 0.6) is 0 Å². The van der Waals surface area contributed by atoms with Gasteiger partial charge in [-0.2, -0.15) is 0 Å². The molecule has 0 radical (unpaired) electrons. The monoisotopic (exact) mass is 262 g/mol. The highest BCUT2D eigenvalue weighted by Crippen LogP contribution is 2.13. The van der Waals surface area contributed by atoms with Crippen molar-refractivity contribution in [3.63, 3.8) is 0 Å². The number of hydrogen-bond acceptors (Lipinski definition) is 2. The molecule has 1 aromatic rings. The number of benzene rings is 1. The van der Waals surface area contributed by atoms with Crippen molar-refractivity contribution in [3.05, 3.63) is 35.1 Å². The summed E-state index contributed by atoms with van der Waals surface area (Å²) in [5.41, 5.74) is -0.217. The van der Waals surface area contributed by atoms with Gasteiger partial charge in [0.25, 0.3) is 0 Å². The molecule has 0 N–H and O–H groups in total. The van der Waals surface area contributed by atoms with Crippen molar-refractivity contribution in [1.29, 1.82) is 0 Å². The SMILES string of the molecule is CC(=O)OC(C)(C)C.Cc1ccc(F)c(F)c1F. The topological polar surface area (TPSA) is 26.3 Å². The number of carbonyl (C=O) groups excluding carboxylic acids is 1. The normalized spacial score (nSPS) is 10.4. The number of rotatable bonds is 0. The van der Waals surface area contributed by atoms with E-state index in [9.17, 15) is 18.0 Å². The Morgan fingerprint density at radius 3 is 1.89 bits per heavy atom. The van der Waals surface area contributed by atoms with Crippen LogP contribution < -0.4 is 0 Å². The predicted octanol–water partition coefficient (Wildman–Crippen LogP) is 3.76. The molecule has 18 heavy (non-hydrogen) atoms. The predicted molar refractivity (Wildman–Crippen MR) is 62.6 cm³/mol. The van der Waals surface area contributed by atoms with Crippen molar-refractivity contribution < 1.29 is 22.7 Å². The van der Waals surface area contributed by atoms with E-state index >= 15 is 0 Å². The molecule has 102 valence electrons. The molecular formula is C13H17F3O2. The van der Waals surface area contributed by atoms with Gasteiger partial charge in [-0.05, 0) is 39.3 Å². The Bertz CT molecular complexity index is 396. The fourth-order valence-electron chi connectivity index (χ4n) is 1.05. The number of ether oxygens (including phenoxy) is 1.